The summed E-state index contributed by atoms with van der Waals surface area (Å²) in [6.07, 6.45) is 0.517. The zero-order valence-electron chi connectivity index (χ0n) is 16.1. The molecule has 1 aromatic heterocycles. The maximum atomic E-state index is 12.3. The van der Waals surface area contributed by atoms with Gasteiger partial charge in [-0.05, 0) is 37.8 Å². The van der Waals surface area contributed by atoms with Crippen molar-refractivity contribution < 1.29 is 24.0 Å². The topological polar surface area (TPSA) is 102 Å². The van der Waals surface area contributed by atoms with Gasteiger partial charge in [-0.15, -0.1) is 0 Å². The normalized spacial score (nSPS) is 13.0. The van der Waals surface area contributed by atoms with E-state index in [1.54, 1.807) is 13.2 Å². The Morgan fingerprint density at radius 2 is 2.00 bits per heavy atom. The van der Waals surface area contributed by atoms with Crippen LogP contribution in [0.4, 0.5) is 0 Å². The van der Waals surface area contributed by atoms with E-state index in [4.69, 9.17) is 9.26 Å². The zero-order chi connectivity index (χ0) is 20.0. The van der Waals surface area contributed by atoms with Crippen LogP contribution in [0.2, 0.25) is 0 Å². The fourth-order valence-electron chi connectivity index (χ4n) is 3.27. The molecule has 2 unspecified atom stereocenters. The second-order valence-electron chi connectivity index (χ2n) is 6.70. The number of aliphatic carboxylic acids is 1. The van der Waals surface area contributed by atoms with Crippen molar-refractivity contribution in [2.75, 3.05) is 13.7 Å². The molecule has 2 aromatic rings. The molecule has 0 saturated carbocycles. The standard InChI is InChI=1S/C20H26N2O5/c1-12(19-13(2)22-27-14(19)3)9-18(23)21-11-16(20(24)25)10-15-7-5-6-8-17(15)26-4/h5-8,12,16H,9-11H2,1-4H3,(H,21,23)(H,24,25). The van der Waals surface area contributed by atoms with Crippen molar-refractivity contribution in [3.8, 4) is 5.75 Å². The van der Waals surface area contributed by atoms with E-state index >= 15 is 0 Å². The molecule has 2 rings (SSSR count). The maximum Gasteiger partial charge on any atom is 0.308 e. The number of carbonyl (C=O) groups excluding carboxylic acids is 1. The summed E-state index contributed by atoms with van der Waals surface area (Å²) in [4.78, 5) is 23.9. The molecule has 0 bridgehead atoms. The first-order valence-electron chi connectivity index (χ1n) is 8.87. The highest BCUT2D eigenvalue weighted by molar-refractivity contribution is 5.78. The third kappa shape index (κ3) is 5.32. The van der Waals surface area contributed by atoms with E-state index in [9.17, 15) is 14.7 Å². The number of methoxy groups -OCH3 is 1. The van der Waals surface area contributed by atoms with E-state index in [-0.39, 0.29) is 31.2 Å². The predicted octanol–water partition coefficient (Wildman–Crippen LogP) is 2.85. The SMILES string of the molecule is COc1ccccc1CC(CNC(=O)CC(C)c1c(C)noc1C)C(=O)O. The highest BCUT2D eigenvalue weighted by Gasteiger charge is 2.23. The van der Waals surface area contributed by atoms with E-state index in [2.05, 4.69) is 10.5 Å². The summed E-state index contributed by atoms with van der Waals surface area (Å²) in [6.45, 7) is 5.64. The summed E-state index contributed by atoms with van der Waals surface area (Å²) in [7, 11) is 1.55. The Morgan fingerprint density at radius 3 is 2.59 bits per heavy atom. The summed E-state index contributed by atoms with van der Waals surface area (Å²) in [5.41, 5.74) is 2.49. The largest absolute Gasteiger partial charge is 0.496 e. The number of hydrogen-bond donors (Lipinski definition) is 2. The average molecular weight is 374 g/mol. The smallest absolute Gasteiger partial charge is 0.308 e. The summed E-state index contributed by atoms with van der Waals surface area (Å²) in [6, 6.07) is 7.28. The van der Waals surface area contributed by atoms with Gasteiger partial charge < -0.3 is 19.7 Å². The lowest BCUT2D eigenvalue weighted by atomic mass is 9.95. The molecule has 7 heteroatoms. The number of aryl methyl sites for hydroxylation is 2. The molecular weight excluding hydrogens is 348 g/mol. The minimum atomic E-state index is -0.958. The Morgan fingerprint density at radius 1 is 1.30 bits per heavy atom. The molecule has 0 fully saturated rings. The van der Waals surface area contributed by atoms with Gasteiger partial charge in [-0.1, -0.05) is 30.3 Å². The monoisotopic (exact) mass is 374 g/mol. The van der Waals surface area contributed by atoms with Crippen LogP contribution in [0.5, 0.6) is 5.75 Å². The van der Waals surface area contributed by atoms with Crippen molar-refractivity contribution in [1.29, 1.82) is 0 Å². The fraction of sp³-hybridized carbons (Fsp3) is 0.450. The van der Waals surface area contributed by atoms with Gasteiger partial charge in [0.05, 0.1) is 18.7 Å². The van der Waals surface area contributed by atoms with Gasteiger partial charge in [0.2, 0.25) is 5.91 Å². The van der Waals surface area contributed by atoms with Crippen LogP contribution in [0.25, 0.3) is 0 Å². The lowest BCUT2D eigenvalue weighted by molar-refractivity contribution is -0.141. The minimum absolute atomic E-state index is 0.0561. The van der Waals surface area contributed by atoms with E-state index in [0.29, 0.717) is 11.5 Å². The van der Waals surface area contributed by atoms with Crippen LogP contribution in [0, 0.1) is 19.8 Å². The molecule has 27 heavy (non-hydrogen) atoms. The number of carboxylic acids is 1. The van der Waals surface area contributed by atoms with Gasteiger partial charge in [-0.25, -0.2) is 0 Å². The van der Waals surface area contributed by atoms with Gasteiger partial charge in [-0.3, -0.25) is 9.59 Å². The van der Waals surface area contributed by atoms with Crippen molar-refractivity contribution in [3.63, 3.8) is 0 Å². The number of ether oxygens (including phenoxy) is 1. The molecule has 1 amide bonds. The molecule has 2 N–H and O–H groups in total. The van der Waals surface area contributed by atoms with Gasteiger partial charge in [0.25, 0.3) is 0 Å². The van der Waals surface area contributed by atoms with Crippen LogP contribution in [0.15, 0.2) is 28.8 Å². The van der Waals surface area contributed by atoms with Crippen molar-refractivity contribution in [2.45, 2.75) is 39.5 Å². The van der Waals surface area contributed by atoms with Crippen LogP contribution in [0.1, 0.15) is 41.8 Å². The van der Waals surface area contributed by atoms with Crippen LogP contribution in [-0.2, 0) is 16.0 Å². The quantitative estimate of drug-likeness (QED) is 0.700. The number of aromatic nitrogens is 1. The maximum absolute atomic E-state index is 12.3. The molecular formula is C20H26N2O5. The molecule has 0 aliphatic carbocycles. The second kappa shape index (κ2) is 9.21. The number of carboxylic acid groups (broad SMARTS) is 1. The molecule has 0 aliphatic heterocycles. The number of hydrogen-bond acceptors (Lipinski definition) is 5. The molecule has 0 saturated heterocycles. The molecule has 2 atom stereocenters. The van der Waals surface area contributed by atoms with Crippen molar-refractivity contribution in [2.24, 2.45) is 5.92 Å². The summed E-state index contributed by atoms with van der Waals surface area (Å²) >= 11 is 0. The Hall–Kier alpha value is -2.83. The van der Waals surface area contributed by atoms with Gasteiger partial charge in [0.1, 0.15) is 11.5 Å². The second-order valence-corrected chi connectivity index (χ2v) is 6.70. The number of benzene rings is 1. The van der Waals surface area contributed by atoms with Gasteiger partial charge in [-0.2, -0.15) is 0 Å². The lowest BCUT2D eigenvalue weighted by Gasteiger charge is -2.16. The average Bonchev–Trinajstić information content (AvgIpc) is 2.97. The fourth-order valence-corrected chi connectivity index (χ4v) is 3.27. The zero-order valence-corrected chi connectivity index (χ0v) is 16.1. The van der Waals surface area contributed by atoms with Crippen molar-refractivity contribution in [1.82, 2.24) is 10.5 Å². The molecule has 0 spiro atoms. The van der Waals surface area contributed by atoms with Crippen LogP contribution >= 0.6 is 0 Å². The first-order valence-corrected chi connectivity index (χ1v) is 8.87. The lowest BCUT2D eigenvalue weighted by Crippen LogP contribution is -2.34. The summed E-state index contributed by atoms with van der Waals surface area (Å²) < 4.78 is 10.4. The highest BCUT2D eigenvalue weighted by atomic mass is 16.5. The van der Waals surface area contributed by atoms with Crippen LogP contribution in [0.3, 0.4) is 0 Å². The molecule has 7 nitrogen and oxygen atoms in total. The number of nitrogens with one attached hydrogen (secondary N) is 1. The molecule has 0 aliphatic rings. The Balaban J connectivity index is 1.95. The van der Waals surface area contributed by atoms with Gasteiger partial charge in [0.15, 0.2) is 0 Å². The number of amides is 1. The third-order valence-corrected chi connectivity index (χ3v) is 4.63. The Labute approximate surface area is 158 Å². The van der Waals surface area contributed by atoms with E-state index in [0.717, 1.165) is 16.8 Å². The molecule has 0 radical (unpaired) electrons. The van der Waals surface area contributed by atoms with Gasteiger partial charge in [0, 0.05) is 18.5 Å². The molecule has 146 valence electrons. The molecule has 1 heterocycles. The highest BCUT2D eigenvalue weighted by Crippen LogP contribution is 2.26. The van der Waals surface area contributed by atoms with Crippen LogP contribution < -0.4 is 10.1 Å². The number of nitrogens with zero attached hydrogens (tertiary/aromatic N) is 1. The Kier molecular flexibility index (Phi) is 6.98. The first kappa shape index (κ1) is 20.5. The number of rotatable bonds is 9. The third-order valence-electron chi connectivity index (χ3n) is 4.63. The van der Waals surface area contributed by atoms with E-state index < -0.39 is 11.9 Å². The van der Waals surface area contributed by atoms with Crippen molar-refractivity contribution >= 4 is 11.9 Å². The molecule has 1 aromatic carbocycles. The number of para-hydroxylation sites is 1. The number of carbonyl (C=O) groups is 2. The van der Waals surface area contributed by atoms with Crippen LogP contribution in [-0.4, -0.2) is 35.8 Å². The predicted molar refractivity (Wildman–Crippen MR) is 99.8 cm³/mol. The summed E-state index contributed by atoms with van der Waals surface area (Å²) in [5.74, 6) is -0.614. The van der Waals surface area contributed by atoms with Crippen molar-refractivity contribution in [3.05, 3.63) is 46.8 Å². The first-order chi connectivity index (χ1) is 12.8. The van der Waals surface area contributed by atoms with Gasteiger partial charge >= 0.3 is 5.97 Å². The van der Waals surface area contributed by atoms with E-state index in [1.165, 1.54) is 0 Å². The van der Waals surface area contributed by atoms with E-state index in [1.807, 2.05) is 39.0 Å². The Bertz CT molecular complexity index is 780. The minimum Gasteiger partial charge on any atom is -0.496 e. The summed E-state index contributed by atoms with van der Waals surface area (Å²) in [5, 5.41) is 16.2.